The number of aromatic nitrogens is 4. The van der Waals surface area contributed by atoms with Gasteiger partial charge in [0.1, 0.15) is 11.3 Å². The Morgan fingerprint density at radius 2 is 1.80 bits per heavy atom. The average molecular weight is 429 g/mol. The predicted octanol–water partition coefficient (Wildman–Crippen LogP) is 4.15. The number of hydrogen-bond acceptors (Lipinski definition) is 7. The van der Waals surface area contributed by atoms with Crippen molar-refractivity contribution in [3.8, 4) is 11.5 Å². The summed E-state index contributed by atoms with van der Waals surface area (Å²) in [6, 6.07) is 13.5. The first-order chi connectivity index (χ1) is 14.2. The first-order valence-corrected chi connectivity index (χ1v) is 9.89. The summed E-state index contributed by atoms with van der Waals surface area (Å²) in [4.78, 5) is 29.1. The van der Waals surface area contributed by atoms with Crippen LogP contribution in [0.3, 0.4) is 0 Å². The number of halogens is 1. The molecular weight excluding hydrogens is 409 g/mol. The topological polar surface area (TPSA) is 99.0 Å². The van der Waals surface area contributed by atoms with Gasteiger partial charge in [0.2, 0.25) is 10.7 Å². The fourth-order valence-corrected chi connectivity index (χ4v) is 3.05. The monoisotopic (exact) mass is 429 g/mol. The van der Waals surface area contributed by atoms with E-state index in [4.69, 9.17) is 4.74 Å². The van der Waals surface area contributed by atoms with Gasteiger partial charge in [-0.3, -0.25) is 9.78 Å². The van der Waals surface area contributed by atoms with E-state index in [-0.39, 0.29) is 11.0 Å². The van der Waals surface area contributed by atoms with Crippen molar-refractivity contribution in [2.24, 2.45) is 0 Å². The number of nitrogens with zero attached hydrogens (tertiary/aromatic N) is 4. The first kappa shape index (κ1) is 21.4. The Morgan fingerprint density at radius 3 is 2.43 bits per heavy atom. The minimum Gasteiger partial charge on any atom is -0.443 e. The van der Waals surface area contributed by atoms with E-state index in [9.17, 15) is 14.0 Å². The number of carbonyl (C=O) groups is 2. The number of thioether (sulfide) groups is 1. The predicted molar refractivity (Wildman–Crippen MR) is 111 cm³/mol. The molecule has 0 spiro atoms. The quantitative estimate of drug-likeness (QED) is 0.608. The van der Waals surface area contributed by atoms with E-state index >= 15 is 0 Å². The molecule has 2 heterocycles. The van der Waals surface area contributed by atoms with Crippen molar-refractivity contribution in [3.05, 3.63) is 54.7 Å². The smallest absolute Gasteiger partial charge is 0.422 e. The van der Waals surface area contributed by atoms with E-state index in [2.05, 4.69) is 20.5 Å². The van der Waals surface area contributed by atoms with Gasteiger partial charge in [0.25, 0.3) is 5.91 Å². The van der Waals surface area contributed by atoms with Crippen molar-refractivity contribution < 1.29 is 18.7 Å². The standard InChI is InChI=1S/C20H20FN5O3S/c1-20(2,3)29-19(28)26-16(14-11-7-8-12-22-14)24-25-18(26)30-15(21)17(27)23-13-9-5-4-6-10-13/h4-12,15H,1-3H3,(H,23,27). The van der Waals surface area contributed by atoms with E-state index in [0.717, 1.165) is 4.57 Å². The van der Waals surface area contributed by atoms with Crippen LogP contribution in [0, 0.1) is 0 Å². The van der Waals surface area contributed by atoms with E-state index < -0.39 is 23.1 Å². The van der Waals surface area contributed by atoms with Gasteiger partial charge in [-0.1, -0.05) is 24.3 Å². The van der Waals surface area contributed by atoms with Gasteiger partial charge in [0.05, 0.1) is 0 Å². The summed E-state index contributed by atoms with van der Waals surface area (Å²) in [6.07, 6.45) is 0.730. The normalized spacial score (nSPS) is 12.3. The lowest BCUT2D eigenvalue weighted by Crippen LogP contribution is -2.28. The maximum atomic E-state index is 14.7. The fourth-order valence-electron chi connectivity index (χ4n) is 2.35. The Morgan fingerprint density at radius 1 is 1.10 bits per heavy atom. The van der Waals surface area contributed by atoms with Gasteiger partial charge in [0.15, 0.2) is 5.82 Å². The van der Waals surface area contributed by atoms with Crippen molar-refractivity contribution in [3.63, 3.8) is 0 Å². The van der Waals surface area contributed by atoms with Crippen LogP contribution < -0.4 is 5.32 Å². The van der Waals surface area contributed by atoms with E-state index in [1.807, 2.05) is 0 Å². The number of anilines is 1. The van der Waals surface area contributed by atoms with E-state index in [0.29, 0.717) is 23.1 Å². The molecule has 3 aromatic rings. The zero-order valence-corrected chi connectivity index (χ0v) is 17.4. The molecule has 0 aliphatic heterocycles. The Bertz CT molecular complexity index is 1020. The van der Waals surface area contributed by atoms with Crippen LogP contribution in [0.25, 0.3) is 11.5 Å². The summed E-state index contributed by atoms with van der Waals surface area (Å²) in [5.74, 6) is -0.799. The lowest BCUT2D eigenvalue weighted by molar-refractivity contribution is -0.118. The highest BCUT2D eigenvalue weighted by Gasteiger charge is 2.29. The van der Waals surface area contributed by atoms with E-state index in [1.54, 1.807) is 69.3 Å². The van der Waals surface area contributed by atoms with Crippen LogP contribution in [-0.4, -0.2) is 42.9 Å². The third-order valence-electron chi connectivity index (χ3n) is 3.56. The molecule has 3 rings (SSSR count). The molecule has 30 heavy (non-hydrogen) atoms. The van der Waals surface area contributed by atoms with Gasteiger partial charge in [-0.05, 0) is 56.8 Å². The molecule has 1 unspecified atom stereocenters. The summed E-state index contributed by atoms with van der Waals surface area (Å²) in [6.45, 7) is 5.11. The SMILES string of the molecule is CC(C)(C)OC(=O)n1c(SC(F)C(=O)Nc2ccccc2)nnc1-c1ccccn1. The van der Waals surface area contributed by atoms with Crippen LogP contribution in [-0.2, 0) is 9.53 Å². The highest BCUT2D eigenvalue weighted by atomic mass is 32.2. The van der Waals surface area contributed by atoms with Gasteiger partial charge in [0, 0.05) is 11.9 Å². The number of para-hydroxylation sites is 1. The Labute approximate surface area is 176 Å². The maximum absolute atomic E-state index is 14.7. The third kappa shape index (κ3) is 5.41. The third-order valence-corrected chi connectivity index (χ3v) is 4.46. The molecule has 0 fully saturated rings. The molecule has 10 heteroatoms. The number of carbonyl (C=O) groups excluding carboxylic acids is 2. The molecule has 0 saturated carbocycles. The molecule has 0 aliphatic rings. The van der Waals surface area contributed by atoms with Crippen LogP contribution in [0.4, 0.5) is 14.9 Å². The fraction of sp³-hybridized carbons (Fsp3) is 0.250. The maximum Gasteiger partial charge on any atom is 0.422 e. The molecule has 1 atom stereocenters. The summed E-state index contributed by atoms with van der Waals surface area (Å²) >= 11 is 0.449. The number of amides is 1. The lowest BCUT2D eigenvalue weighted by atomic mass is 10.2. The van der Waals surface area contributed by atoms with Crippen LogP contribution in [0.1, 0.15) is 20.8 Å². The summed E-state index contributed by atoms with van der Waals surface area (Å²) in [5.41, 5.74) is -2.03. The Hall–Kier alpha value is -3.27. The molecule has 1 amide bonds. The summed E-state index contributed by atoms with van der Waals surface area (Å²) < 4.78 is 21.1. The molecule has 0 saturated heterocycles. The van der Waals surface area contributed by atoms with Crippen LogP contribution in [0.15, 0.2) is 59.9 Å². The van der Waals surface area contributed by atoms with Crippen LogP contribution in [0.2, 0.25) is 0 Å². The second-order valence-corrected chi connectivity index (χ2v) is 8.14. The van der Waals surface area contributed by atoms with Crippen molar-refractivity contribution >= 4 is 29.4 Å². The molecule has 8 nitrogen and oxygen atoms in total. The molecule has 156 valence electrons. The minimum absolute atomic E-state index is 0.0861. The highest BCUT2D eigenvalue weighted by Crippen LogP contribution is 2.28. The zero-order chi connectivity index (χ0) is 21.7. The van der Waals surface area contributed by atoms with Gasteiger partial charge in [-0.2, -0.15) is 0 Å². The van der Waals surface area contributed by atoms with Gasteiger partial charge in [-0.15, -0.1) is 10.2 Å². The average Bonchev–Trinajstić information content (AvgIpc) is 3.12. The first-order valence-electron chi connectivity index (χ1n) is 9.01. The molecule has 0 radical (unpaired) electrons. The van der Waals surface area contributed by atoms with Gasteiger partial charge >= 0.3 is 6.09 Å². The highest BCUT2D eigenvalue weighted by molar-refractivity contribution is 8.00. The second kappa shape index (κ2) is 9.04. The number of ether oxygens (including phenoxy) is 1. The number of rotatable bonds is 5. The number of hydrogen-bond donors (Lipinski definition) is 1. The molecule has 0 bridgehead atoms. The van der Waals surface area contributed by atoms with Gasteiger partial charge < -0.3 is 10.1 Å². The Kier molecular flexibility index (Phi) is 6.46. The largest absolute Gasteiger partial charge is 0.443 e. The number of benzene rings is 1. The van der Waals surface area contributed by atoms with Crippen molar-refractivity contribution in [1.29, 1.82) is 0 Å². The van der Waals surface area contributed by atoms with Crippen LogP contribution >= 0.6 is 11.8 Å². The Balaban J connectivity index is 1.87. The minimum atomic E-state index is -2.04. The number of nitrogens with one attached hydrogen (secondary N) is 1. The van der Waals surface area contributed by atoms with Crippen molar-refractivity contribution in [2.45, 2.75) is 37.0 Å². The molecule has 0 aliphatic carbocycles. The van der Waals surface area contributed by atoms with Crippen molar-refractivity contribution in [2.75, 3.05) is 5.32 Å². The second-order valence-electron chi connectivity index (χ2n) is 7.13. The van der Waals surface area contributed by atoms with Crippen LogP contribution in [0.5, 0.6) is 0 Å². The molecule has 2 aromatic heterocycles. The summed E-state index contributed by atoms with van der Waals surface area (Å²) in [5, 5.41) is 10.2. The zero-order valence-electron chi connectivity index (χ0n) is 16.6. The van der Waals surface area contributed by atoms with E-state index in [1.165, 1.54) is 6.20 Å². The molecular formula is C20H20FN5O3S. The van der Waals surface area contributed by atoms with Gasteiger partial charge in [-0.25, -0.2) is 13.8 Å². The molecule has 1 N–H and O–H groups in total. The molecule has 1 aromatic carbocycles. The van der Waals surface area contributed by atoms with Crippen molar-refractivity contribution in [1.82, 2.24) is 19.7 Å². The lowest BCUT2D eigenvalue weighted by Gasteiger charge is -2.20. The number of pyridine rings is 1. The number of alkyl halides is 1. The summed E-state index contributed by atoms with van der Waals surface area (Å²) in [7, 11) is 0.